The maximum absolute atomic E-state index is 13.5. The summed E-state index contributed by atoms with van der Waals surface area (Å²) in [6.07, 6.45) is 4.81. The van der Waals surface area contributed by atoms with Gasteiger partial charge in [-0.25, -0.2) is 9.48 Å². The minimum atomic E-state index is -0.547. The van der Waals surface area contributed by atoms with Crippen LogP contribution in [0.1, 0.15) is 31.1 Å². The summed E-state index contributed by atoms with van der Waals surface area (Å²) in [7, 11) is 0. The molecule has 2 aromatic heterocycles. The Kier molecular flexibility index (Phi) is 5.94. The minimum Gasteiger partial charge on any atom is -0.444 e. The van der Waals surface area contributed by atoms with Crippen molar-refractivity contribution in [2.45, 2.75) is 26.4 Å². The second-order valence-electron chi connectivity index (χ2n) is 8.67. The first-order chi connectivity index (χ1) is 15.3. The Morgan fingerprint density at radius 3 is 2.25 bits per heavy atom. The predicted molar refractivity (Wildman–Crippen MR) is 121 cm³/mol. The SMILES string of the molecule is CC(C)(C)OC(=O)N1CCN(C(=O)c2cn(-c3ccccc3)nc2-c2cccnc2)CC1. The molecule has 0 radical (unpaired) electrons. The van der Waals surface area contributed by atoms with E-state index in [0.717, 1.165) is 11.3 Å². The average molecular weight is 434 g/mol. The van der Waals surface area contributed by atoms with Gasteiger partial charge in [0.25, 0.3) is 5.91 Å². The highest BCUT2D eigenvalue weighted by Crippen LogP contribution is 2.25. The molecule has 0 spiro atoms. The molecule has 0 saturated carbocycles. The standard InChI is InChI=1S/C24H27N5O3/c1-24(2,3)32-23(31)28-14-12-27(13-15-28)22(30)20-17-29(19-9-5-4-6-10-19)26-21(20)18-8-7-11-25-16-18/h4-11,16-17H,12-15H2,1-3H3. The fourth-order valence-corrected chi connectivity index (χ4v) is 3.55. The van der Waals surface area contributed by atoms with Crippen molar-refractivity contribution in [3.05, 3.63) is 66.6 Å². The molecule has 0 aliphatic carbocycles. The van der Waals surface area contributed by atoms with Crippen LogP contribution < -0.4 is 0 Å². The molecule has 1 saturated heterocycles. The van der Waals surface area contributed by atoms with E-state index in [9.17, 15) is 9.59 Å². The highest BCUT2D eigenvalue weighted by atomic mass is 16.6. The average Bonchev–Trinajstić information content (AvgIpc) is 3.24. The molecule has 8 heteroatoms. The summed E-state index contributed by atoms with van der Waals surface area (Å²) >= 11 is 0. The molecule has 2 amide bonds. The quantitative estimate of drug-likeness (QED) is 0.630. The van der Waals surface area contributed by atoms with Crippen molar-refractivity contribution in [1.82, 2.24) is 24.6 Å². The Labute approximate surface area is 187 Å². The van der Waals surface area contributed by atoms with Crippen LogP contribution in [0, 0.1) is 0 Å². The van der Waals surface area contributed by atoms with Crippen LogP contribution in [0.4, 0.5) is 4.79 Å². The molecule has 4 rings (SSSR count). The van der Waals surface area contributed by atoms with Crippen LogP contribution in [0.5, 0.6) is 0 Å². The van der Waals surface area contributed by atoms with E-state index in [2.05, 4.69) is 4.98 Å². The lowest BCUT2D eigenvalue weighted by molar-refractivity contribution is 0.0141. The van der Waals surface area contributed by atoms with Crippen molar-refractivity contribution in [2.75, 3.05) is 26.2 Å². The lowest BCUT2D eigenvalue weighted by atomic mass is 10.1. The number of amides is 2. The van der Waals surface area contributed by atoms with Crippen LogP contribution in [-0.2, 0) is 4.74 Å². The van der Waals surface area contributed by atoms with Gasteiger partial charge in [0.05, 0.1) is 11.3 Å². The van der Waals surface area contributed by atoms with Crippen LogP contribution in [0.15, 0.2) is 61.1 Å². The molecule has 0 bridgehead atoms. The largest absolute Gasteiger partial charge is 0.444 e. The lowest BCUT2D eigenvalue weighted by Gasteiger charge is -2.35. The van der Waals surface area contributed by atoms with E-state index in [4.69, 9.17) is 9.84 Å². The third kappa shape index (κ3) is 4.80. The summed E-state index contributed by atoms with van der Waals surface area (Å²) in [5.41, 5.74) is 2.19. The number of ether oxygens (including phenoxy) is 1. The fourth-order valence-electron chi connectivity index (χ4n) is 3.55. The molecule has 32 heavy (non-hydrogen) atoms. The first-order valence-corrected chi connectivity index (χ1v) is 10.6. The van der Waals surface area contributed by atoms with E-state index >= 15 is 0 Å². The van der Waals surface area contributed by atoms with Crippen molar-refractivity contribution in [1.29, 1.82) is 0 Å². The van der Waals surface area contributed by atoms with Gasteiger partial charge >= 0.3 is 6.09 Å². The molecule has 8 nitrogen and oxygen atoms in total. The van der Waals surface area contributed by atoms with E-state index in [1.807, 2.05) is 63.2 Å². The molecular weight excluding hydrogens is 406 g/mol. The molecule has 1 aliphatic heterocycles. The number of rotatable bonds is 3. The monoisotopic (exact) mass is 433 g/mol. The van der Waals surface area contributed by atoms with Gasteiger partial charge in [-0.3, -0.25) is 9.78 Å². The van der Waals surface area contributed by atoms with E-state index in [-0.39, 0.29) is 12.0 Å². The second-order valence-corrected chi connectivity index (χ2v) is 8.67. The van der Waals surface area contributed by atoms with Gasteiger partial charge in [0, 0.05) is 50.3 Å². The molecule has 0 atom stereocenters. The van der Waals surface area contributed by atoms with Gasteiger partial charge in [0.2, 0.25) is 0 Å². The summed E-state index contributed by atoms with van der Waals surface area (Å²) in [5.74, 6) is -0.116. The zero-order valence-electron chi connectivity index (χ0n) is 18.6. The van der Waals surface area contributed by atoms with E-state index in [1.54, 1.807) is 33.1 Å². The van der Waals surface area contributed by atoms with Crippen LogP contribution in [0.2, 0.25) is 0 Å². The number of aromatic nitrogens is 3. The minimum absolute atomic E-state index is 0.116. The van der Waals surface area contributed by atoms with Gasteiger partial charge in [0.15, 0.2) is 0 Å². The highest BCUT2D eigenvalue weighted by Gasteiger charge is 2.30. The van der Waals surface area contributed by atoms with Gasteiger partial charge in [-0.05, 0) is 45.0 Å². The Hall–Kier alpha value is -3.68. The van der Waals surface area contributed by atoms with Gasteiger partial charge in [-0.15, -0.1) is 0 Å². The fraction of sp³-hybridized carbons (Fsp3) is 0.333. The third-order valence-electron chi connectivity index (χ3n) is 5.12. The predicted octanol–water partition coefficient (Wildman–Crippen LogP) is 3.63. The van der Waals surface area contributed by atoms with Crippen molar-refractivity contribution >= 4 is 12.0 Å². The van der Waals surface area contributed by atoms with Crippen molar-refractivity contribution in [3.8, 4) is 16.9 Å². The molecule has 1 aromatic carbocycles. The Bertz CT molecular complexity index is 1080. The molecule has 3 aromatic rings. The first-order valence-electron chi connectivity index (χ1n) is 10.6. The third-order valence-corrected chi connectivity index (χ3v) is 5.12. The number of hydrogen-bond donors (Lipinski definition) is 0. The van der Waals surface area contributed by atoms with Crippen molar-refractivity contribution in [2.24, 2.45) is 0 Å². The van der Waals surface area contributed by atoms with Gasteiger partial charge in [-0.1, -0.05) is 18.2 Å². The van der Waals surface area contributed by atoms with Crippen molar-refractivity contribution in [3.63, 3.8) is 0 Å². The van der Waals surface area contributed by atoms with Gasteiger partial charge < -0.3 is 14.5 Å². The number of piperazine rings is 1. The van der Waals surface area contributed by atoms with Crippen LogP contribution in [0.25, 0.3) is 16.9 Å². The topological polar surface area (TPSA) is 80.6 Å². The van der Waals surface area contributed by atoms with Crippen LogP contribution in [0.3, 0.4) is 0 Å². The Morgan fingerprint density at radius 2 is 1.62 bits per heavy atom. The molecule has 166 valence electrons. The number of nitrogens with zero attached hydrogens (tertiary/aromatic N) is 5. The number of hydrogen-bond acceptors (Lipinski definition) is 5. The number of carbonyl (C=O) groups excluding carboxylic acids is 2. The smallest absolute Gasteiger partial charge is 0.410 e. The Morgan fingerprint density at radius 1 is 0.938 bits per heavy atom. The normalized spacial score (nSPS) is 14.3. The molecule has 3 heterocycles. The zero-order valence-corrected chi connectivity index (χ0v) is 18.6. The van der Waals surface area contributed by atoms with E-state index < -0.39 is 5.60 Å². The summed E-state index contributed by atoms with van der Waals surface area (Å²) < 4.78 is 7.16. The summed E-state index contributed by atoms with van der Waals surface area (Å²) in [6.45, 7) is 7.24. The summed E-state index contributed by atoms with van der Waals surface area (Å²) in [4.78, 5) is 33.4. The molecule has 1 aliphatic rings. The summed E-state index contributed by atoms with van der Waals surface area (Å²) in [6, 6.07) is 13.4. The first kappa shape index (κ1) is 21.5. The van der Waals surface area contributed by atoms with Crippen molar-refractivity contribution < 1.29 is 14.3 Å². The van der Waals surface area contributed by atoms with Crippen LogP contribution in [-0.4, -0.2) is 68.3 Å². The van der Waals surface area contributed by atoms with Crippen LogP contribution >= 0.6 is 0 Å². The maximum atomic E-state index is 13.5. The number of para-hydroxylation sites is 1. The maximum Gasteiger partial charge on any atom is 0.410 e. The highest BCUT2D eigenvalue weighted by molar-refractivity contribution is 6.00. The van der Waals surface area contributed by atoms with E-state index in [0.29, 0.717) is 37.4 Å². The second kappa shape index (κ2) is 8.82. The van der Waals surface area contributed by atoms with E-state index in [1.165, 1.54) is 0 Å². The number of pyridine rings is 1. The van der Waals surface area contributed by atoms with Gasteiger partial charge in [0.1, 0.15) is 11.3 Å². The number of benzene rings is 1. The molecule has 1 fully saturated rings. The number of carbonyl (C=O) groups is 2. The molecular formula is C24H27N5O3. The molecule has 0 N–H and O–H groups in total. The van der Waals surface area contributed by atoms with Gasteiger partial charge in [-0.2, -0.15) is 5.10 Å². The molecule has 0 unspecified atom stereocenters. The zero-order chi connectivity index (χ0) is 22.7. The lowest BCUT2D eigenvalue weighted by Crippen LogP contribution is -2.51. The summed E-state index contributed by atoms with van der Waals surface area (Å²) in [5, 5.41) is 4.69. The Balaban J connectivity index is 1.56.